The Balaban J connectivity index is 1.80. The Bertz CT molecular complexity index is 562. The first kappa shape index (κ1) is 12.9. The van der Waals surface area contributed by atoms with Crippen LogP contribution in [0.4, 0.5) is 0 Å². The predicted octanol–water partition coefficient (Wildman–Crippen LogP) is 2.76. The van der Waals surface area contributed by atoms with E-state index in [4.69, 9.17) is 16.3 Å². The minimum absolute atomic E-state index is 0.794. The largest absolute Gasteiger partial charge is 0.379 e. The molecule has 0 saturated carbocycles. The third-order valence-electron chi connectivity index (χ3n) is 3.59. The number of halogens is 1. The van der Waals surface area contributed by atoms with Crippen LogP contribution in [0.1, 0.15) is 5.69 Å². The van der Waals surface area contributed by atoms with E-state index in [2.05, 4.69) is 16.0 Å². The number of fused-ring (bicyclic) bond motifs is 1. The van der Waals surface area contributed by atoms with Crippen molar-refractivity contribution in [2.45, 2.75) is 6.42 Å². The zero-order valence-electron chi connectivity index (χ0n) is 10.8. The minimum Gasteiger partial charge on any atom is -0.379 e. The van der Waals surface area contributed by atoms with Crippen LogP contribution < -0.4 is 0 Å². The van der Waals surface area contributed by atoms with Gasteiger partial charge in [-0.05, 0) is 17.5 Å². The Kier molecular flexibility index (Phi) is 3.97. The molecule has 19 heavy (non-hydrogen) atoms. The van der Waals surface area contributed by atoms with Crippen LogP contribution >= 0.6 is 11.6 Å². The molecule has 2 aromatic rings. The van der Waals surface area contributed by atoms with Crippen LogP contribution in [0.25, 0.3) is 10.8 Å². The Labute approximate surface area is 118 Å². The molecule has 3 nitrogen and oxygen atoms in total. The molecule has 1 aromatic heterocycles. The second-order valence-electron chi connectivity index (χ2n) is 4.80. The van der Waals surface area contributed by atoms with E-state index in [1.807, 2.05) is 24.4 Å². The van der Waals surface area contributed by atoms with E-state index in [0.717, 1.165) is 55.4 Å². The standard InChI is InChI=1S/C15H17ClN2O/c16-13-3-1-2-12-4-6-17-14(15(12)13)5-7-18-8-10-19-11-9-18/h1-4,6H,5,7-11H2. The average molecular weight is 277 g/mol. The van der Waals surface area contributed by atoms with Gasteiger partial charge in [-0.15, -0.1) is 0 Å². The number of nitrogens with zero attached hydrogens (tertiary/aromatic N) is 2. The summed E-state index contributed by atoms with van der Waals surface area (Å²) in [4.78, 5) is 6.93. The second-order valence-corrected chi connectivity index (χ2v) is 5.21. The molecule has 4 heteroatoms. The number of rotatable bonds is 3. The molecule has 0 N–H and O–H groups in total. The average Bonchev–Trinajstić information content (AvgIpc) is 2.46. The summed E-state index contributed by atoms with van der Waals surface area (Å²) in [6.45, 7) is 4.71. The lowest BCUT2D eigenvalue weighted by Gasteiger charge is -2.26. The van der Waals surface area contributed by atoms with E-state index in [9.17, 15) is 0 Å². The minimum atomic E-state index is 0.794. The Morgan fingerprint density at radius 3 is 2.89 bits per heavy atom. The zero-order valence-corrected chi connectivity index (χ0v) is 11.6. The third-order valence-corrected chi connectivity index (χ3v) is 3.90. The van der Waals surface area contributed by atoms with Crippen LogP contribution in [0, 0.1) is 0 Å². The molecule has 1 aromatic carbocycles. The molecule has 1 aliphatic heterocycles. The molecular weight excluding hydrogens is 260 g/mol. The van der Waals surface area contributed by atoms with Crippen molar-refractivity contribution in [2.24, 2.45) is 0 Å². The number of benzene rings is 1. The first-order valence-electron chi connectivity index (χ1n) is 6.67. The highest BCUT2D eigenvalue weighted by Gasteiger charge is 2.12. The molecule has 1 saturated heterocycles. The van der Waals surface area contributed by atoms with Gasteiger partial charge in [0.2, 0.25) is 0 Å². The van der Waals surface area contributed by atoms with E-state index < -0.39 is 0 Å². The fraction of sp³-hybridized carbons (Fsp3) is 0.400. The van der Waals surface area contributed by atoms with Crippen molar-refractivity contribution in [3.63, 3.8) is 0 Å². The lowest BCUT2D eigenvalue weighted by Crippen LogP contribution is -2.37. The summed E-state index contributed by atoms with van der Waals surface area (Å²) in [5.74, 6) is 0. The van der Waals surface area contributed by atoms with E-state index in [0.29, 0.717) is 0 Å². The smallest absolute Gasteiger partial charge is 0.0594 e. The lowest BCUT2D eigenvalue weighted by molar-refractivity contribution is 0.0384. The van der Waals surface area contributed by atoms with Gasteiger partial charge in [0.25, 0.3) is 0 Å². The van der Waals surface area contributed by atoms with Crippen LogP contribution in [0.5, 0.6) is 0 Å². The van der Waals surface area contributed by atoms with Crippen molar-refractivity contribution in [2.75, 3.05) is 32.8 Å². The van der Waals surface area contributed by atoms with Crippen molar-refractivity contribution in [3.05, 3.63) is 41.2 Å². The van der Waals surface area contributed by atoms with Crippen molar-refractivity contribution in [1.29, 1.82) is 0 Å². The highest BCUT2D eigenvalue weighted by atomic mass is 35.5. The zero-order chi connectivity index (χ0) is 13.1. The van der Waals surface area contributed by atoms with Gasteiger partial charge in [-0.25, -0.2) is 0 Å². The molecule has 0 radical (unpaired) electrons. The molecule has 1 aliphatic rings. The fourth-order valence-corrected chi connectivity index (χ4v) is 2.83. The molecule has 0 unspecified atom stereocenters. The summed E-state index contributed by atoms with van der Waals surface area (Å²) in [7, 11) is 0. The van der Waals surface area contributed by atoms with Crippen LogP contribution in [0.3, 0.4) is 0 Å². The summed E-state index contributed by atoms with van der Waals surface area (Å²) >= 11 is 6.31. The molecule has 0 bridgehead atoms. The number of aromatic nitrogens is 1. The Hall–Kier alpha value is -1.16. The third kappa shape index (κ3) is 2.89. The molecule has 0 spiro atoms. The fourth-order valence-electron chi connectivity index (χ4n) is 2.53. The van der Waals surface area contributed by atoms with Gasteiger partial charge in [-0.3, -0.25) is 9.88 Å². The lowest BCUT2D eigenvalue weighted by atomic mass is 10.1. The van der Waals surface area contributed by atoms with Gasteiger partial charge in [0.1, 0.15) is 0 Å². The number of morpholine rings is 1. The number of pyridine rings is 1. The van der Waals surface area contributed by atoms with Crippen LogP contribution in [-0.4, -0.2) is 42.7 Å². The Morgan fingerprint density at radius 1 is 1.21 bits per heavy atom. The van der Waals surface area contributed by atoms with Crippen molar-refractivity contribution in [3.8, 4) is 0 Å². The summed E-state index contributed by atoms with van der Waals surface area (Å²) in [5.41, 5.74) is 1.09. The molecule has 0 amide bonds. The van der Waals surface area contributed by atoms with Gasteiger partial charge >= 0.3 is 0 Å². The summed E-state index contributed by atoms with van der Waals surface area (Å²) < 4.78 is 5.36. The van der Waals surface area contributed by atoms with Gasteiger partial charge in [0.05, 0.1) is 23.9 Å². The summed E-state index contributed by atoms with van der Waals surface area (Å²) in [6, 6.07) is 8.01. The predicted molar refractivity (Wildman–Crippen MR) is 77.7 cm³/mol. The number of hydrogen-bond acceptors (Lipinski definition) is 3. The molecule has 0 atom stereocenters. The Morgan fingerprint density at radius 2 is 2.05 bits per heavy atom. The summed E-state index contributed by atoms with van der Waals surface area (Å²) in [6.07, 6.45) is 2.80. The molecule has 2 heterocycles. The van der Waals surface area contributed by atoms with Gasteiger partial charge in [-0.2, -0.15) is 0 Å². The van der Waals surface area contributed by atoms with E-state index >= 15 is 0 Å². The highest BCUT2D eigenvalue weighted by Crippen LogP contribution is 2.25. The summed E-state index contributed by atoms with van der Waals surface area (Å²) in [5, 5.41) is 3.06. The van der Waals surface area contributed by atoms with Gasteiger partial charge in [-0.1, -0.05) is 23.7 Å². The van der Waals surface area contributed by atoms with Gasteiger partial charge in [0.15, 0.2) is 0 Å². The topological polar surface area (TPSA) is 25.4 Å². The molecule has 3 rings (SSSR count). The van der Waals surface area contributed by atoms with Crippen molar-refractivity contribution < 1.29 is 4.74 Å². The van der Waals surface area contributed by atoms with Crippen LogP contribution in [-0.2, 0) is 11.2 Å². The maximum Gasteiger partial charge on any atom is 0.0594 e. The number of hydrogen-bond donors (Lipinski definition) is 0. The van der Waals surface area contributed by atoms with Gasteiger partial charge < -0.3 is 4.74 Å². The second kappa shape index (κ2) is 5.87. The quantitative estimate of drug-likeness (QED) is 0.862. The SMILES string of the molecule is Clc1cccc2ccnc(CCN3CCOCC3)c12. The van der Waals surface area contributed by atoms with E-state index in [1.54, 1.807) is 0 Å². The molecule has 100 valence electrons. The molecular formula is C15H17ClN2O. The molecule has 1 fully saturated rings. The maximum atomic E-state index is 6.31. The first-order chi connectivity index (χ1) is 9.34. The number of ether oxygens (including phenoxy) is 1. The normalized spacial score (nSPS) is 16.9. The molecule has 0 aliphatic carbocycles. The maximum absolute atomic E-state index is 6.31. The van der Waals surface area contributed by atoms with Crippen molar-refractivity contribution >= 4 is 22.4 Å². The first-order valence-corrected chi connectivity index (χ1v) is 7.04. The highest BCUT2D eigenvalue weighted by molar-refractivity contribution is 6.35. The van der Waals surface area contributed by atoms with E-state index in [-0.39, 0.29) is 0 Å². The van der Waals surface area contributed by atoms with Crippen molar-refractivity contribution in [1.82, 2.24) is 9.88 Å². The van der Waals surface area contributed by atoms with E-state index in [1.165, 1.54) is 5.39 Å². The van der Waals surface area contributed by atoms with Gasteiger partial charge in [0, 0.05) is 37.6 Å². The monoisotopic (exact) mass is 276 g/mol. The van der Waals surface area contributed by atoms with Crippen LogP contribution in [0.2, 0.25) is 5.02 Å². The van der Waals surface area contributed by atoms with Crippen LogP contribution in [0.15, 0.2) is 30.5 Å².